The van der Waals surface area contributed by atoms with Crippen LogP contribution >= 0.6 is 0 Å². The summed E-state index contributed by atoms with van der Waals surface area (Å²) in [5.41, 5.74) is 11.6. The Morgan fingerprint density at radius 1 is 0.415 bits per heavy atom. The summed E-state index contributed by atoms with van der Waals surface area (Å²) in [7, 11) is 0. The van der Waals surface area contributed by atoms with Crippen molar-refractivity contribution in [3.8, 4) is 5.75 Å². The van der Waals surface area contributed by atoms with E-state index in [0.29, 0.717) is 18.4 Å². The highest BCUT2D eigenvalue weighted by molar-refractivity contribution is 6.02. The summed E-state index contributed by atoms with van der Waals surface area (Å²) < 4.78 is 0. The van der Waals surface area contributed by atoms with E-state index in [1.807, 2.05) is 0 Å². The number of phenolic OH excluding ortho intramolecular Hbond substituents is 1. The number of unbranched alkanes of at least 4 members (excludes halogenated alkanes) is 1. The number of phenols is 1. The molecule has 1 aliphatic rings. The number of hydrogen-bond acceptors (Lipinski definition) is 24. The highest BCUT2D eigenvalue weighted by Crippen LogP contribution is 2.23. The molecule has 2 rings (SSSR count). The van der Waals surface area contributed by atoms with Gasteiger partial charge in [-0.25, -0.2) is 4.79 Å². The van der Waals surface area contributed by atoms with Crippen molar-refractivity contribution >= 4 is 112 Å². The maximum atomic E-state index is 14.9. The molecule has 1 heterocycles. The summed E-state index contributed by atoms with van der Waals surface area (Å²) in [6.07, 6.45) is -2.83. The fourth-order valence-corrected chi connectivity index (χ4v) is 12.9. The summed E-state index contributed by atoms with van der Waals surface area (Å²) in [5.74, 6) is -23.9. The second-order valence-electron chi connectivity index (χ2n) is 32.8. The number of aliphatic hydroxyl groups is 2. The largest absolute Gasteiger partial charge is 0.508 e. The third-order valence-electron chi connectivity index (χ3n) is 20.1. The van der Waals surface area contributed by atoms with Gasteiger partial charge >= 0.3 is 23.9 Å². The predicted molar refractivity (Wildman–Crippen MR) is 441 cm³/mol. The first kappa shape index (κ1) is 108. The molecule has 1 saturated heterocycles. The number of benzene rings is 1. The van der Waals surface area contributed by atoms with Crippen LogP contribution in [0, 0.1) is 35.5 Å². The lowest BCUT2D eigenvalue weighted by Gasteiger charge is -2.32. The topological polar surface area (TPSA) is 690 Å². The molecule has 1 aliphatic heterocycles. The van der Waals surface area contributed by atoms with Crippen molar-refractivity contribution in [3.05, 3.63) is 29.8 Å². The Kier molecular flexibility index (Phi) is 47.0. The second kappa shape index (κ2) is 53.6. The molecule has 1 fully saturated rings. The Balaban J connectivity index is 2.50. The molecule has 25 N–H and O–H groups in total. The number of nitrogens with one attached hydrogen (secondary N) is 14. The standard InChI is InChI=1S/C80H131N17O26/c1-15-43(12)64(78(120)90-52(32-39(4)5)70(112)87-53(33-40(6)7)71(113)95-63(42(10)11)77(119)93-57(37-99)74(116)92-56(36-98)73(115)86-50(80(122)123)19-16-17-29-81)96-72(114)54(34-46-21-23-47(100)24-22-46)88-75(117)58-20-18-30-97(58)79(121)55(35-61(105)106)91-68(110)49(26-28-60(103)104)85-69(111)51(31-38(2)3)89-76(118)62(41(8)9)94-66(108)45(14)83-65(107)44(13)84-67(109)48(82)25-27-59(101)102/h21-24,38-45,48-58,62-64,98-100H,15-20,25-37,81-82H2,1-14H3,(H,83,107)(H,84,109)(H,85,111)(H,86,115)(H,87,112)(H,88,117)(H,89,118)(H,90,120)(H,91,110)(H,92,116)(H,93,119)(H,94,108)(H,95,113)(H,96,114)(H,101,102)(H,103,104)(H,105,106)(H,122,123)/t43-,44-,45-,48-,49-,50-,51-,52-,53-,54-,55-,56-,57-,58-,62-,63-,64-/m0/s1. The number of likely N-dealkylation sites (tertiary alicyclic amines) is 1. The van der Waals surface area contributed by atoms with Crippen LogP contribution in [0.15, 0.2) is 24.3 Å². The smallest absolute Gasteiger partial charge is 0.326 e. The molecule has 0 bridgehead atoms. The van der Waals surface area contributed by atoms with E-state index in [9.17, 15) is 122 Å². The van der Waals surface area contributed by atoms with Gasteiger partial charge in [0.1, 0.15) is 96.4 Å². The Hall–Kier alpha value is -11.2. The van der Waals surface area contributed by atoms with Crippen molar-refractivity contribution in [2.45, 2.75) is 290 Å². The van der Waals surface area contributed by atoms with Crippen LogP contribution in [0.4, 0.5) is 0 Å². The summed E-state index contributed by atoms with van der Waals surface area (Å²) in [4.78, 5) is 259. The van der Waals surface area contributed by atoms with Gasteiger partial charge in [0.05, 0.1) is 25.7 Å². The number of carbonyl (C=O) groups excluding carboxylic acids is 15. The molecule has 0 aliphatic carbocycles. The molecule has 0 unspecified atom stereocenters. The van der Waals surface area contributed by atoms with E-state index in [1.165, 1.54) is 52.0 Å². The Morgan fingerprint density at radius 3 is 1.24 bits per heavy atom. The average Bonchev–Trinajstić information content (AvgIpc) is 1.76. The molecule has 0 aromatic heterocycles. The molecule has 15 amide bonds. The van der Waals surface area contributed by atoms with Crippen molar-refractivity contribution in [2.75, 3.05) is 26.3 Å². The molecule has 43 heteroatoms. The number of aliphatic hydroxyl groups excluding tert-OH is 2. The van der Waals surface area contributed by atoms with Crippen LogP contribution in [0.5, 0.6) is 5.75 Å². The van der Waals surface area contributed by atoms with E-state index in [1.54, 1.807) is 69.2 Å². The number of carboxylic acids is 4. The lowest BCUT2D eigenvalue weighted by Crippen LogP contribution is -2.62. The van der Waals surface area contributed by atoms with Gasteiger partial charge in [-0.3, -0.25) is 86.3 Å². The van der Waals surface area contributed by atoms with Crippen LogP contribution in [-0.4, -0.2) is 276 Å². The van der Waals surface area contributed by atoms with Crippen LogP contribution in [0.1, 0.15) is 192 Å². The number of carbonyl (C=O) groups is 19. The summed E-state index contributed by atoms with van der Waals surface area (Å²) in [5, 5.41) is 104. The minimum atomic E-state index is -2.02. The number of nitrogens with two attached hydrogens (primary N) is 2. The monoisotopic (exact) mass is 1750 g/mol. The van der Waals surface area contributed by atoms with Gasteiger partial charge < -0.3 is 127 Å². The number of aliphatic carboxylic acids is 4. The highest BCUT2D eigenvalue weighted by atomic mass is 16.4. The zero-order valence-corrected chi connectivity index (χ0v) is 72.4. The van der Waals surface area contributed by atoms with Gasteiger partial charge in [0.25, 0.3) is 0 Å². The van der Waals surface area contributed by atoms with Gasteiger partial charge in [-0.05, 0) is 138 Å². The van der Waals surface area contributed by atoms with Gasteiger partial charge in [0.15, 0.2) is 0 Å². The van der Waals surface area contributed by atoms with Crippen molar-refractivity contribution < 1.29 is 127 Å². The summed E-state index contributed by atoms with van der Waals surface area (Å²) in [6.45, 7) is 20.3. The van der Waals surface area contributed by atoms with Crippen molar-refractivity contribution in [3.63, 3.8) is 0 Å². The minimum absolute atomic E-state index is 0.0227. The first-order valence-corrected chi connectivity index (χ1v) is 41.4. The van der Waals surface area contributed by atoms with Crippen molar-refractivity contribution in [2.24, 2.45) is 47.0 Å². The molecular formula is C80H131N17O26. The summed E-state index contributed by atoms with van der Waals surface area (Å²) in [6, 6.07) is -19.0. The molecule has 692 valence electrons. The highest BCUT2D eigenvalue weighted by Gasteiger charge is 2.43. The molecular weight excluding hydrogens is 1610 g/mol. The fourth-order valence-electron chi connectivity index (χ4n) is 12.9. The Bertz CT molecular complexity index is 3790. The van der Waals surface area contributed by atoms with Gasteiger partial charge in [-0.1, -0.05) is 102 Å². The quantitative estimate of drug-likeness (QED) is 0.0276. The normalized spacial score (nSPS) is 16.5. The van der Waals surface area contributed by atoms with Gasteiger partial charge in [-0.2, -0.15) is 0 Å². The average molecular weight is 1750 g/mol. The number of carboxylic acid groups (broad SMARTS) is 4. The van der Waals surface area contributed by atoms with Crippen LogP contribution < -0.4 is 85.9 Å². The molecule has 0 spiro atoms. The maximum Gasteiger partial charge on any atom is 0.326 e. The minimum Gasteiger partial charge on any atom is -0.508 e. The SMILES string of the molecule is CC[C@H](C)[C@H](NC(=O)[C@H](Cc1ccc(O)cc1)NC(=O)[C@@H]1CCCN1C(=O)[C@H](CC(=O)O)NC(=O)[C@H](CCC(=O)O)NC(=O)[C@H](CC(C)C)NC(=O)[C@@H](NC(=O)[C@H](C)NC(=O)[C@H](C)NC(=O)[C@@H](N)CCC(=O)O)C(C)C)C(=O)N[C@@H](CC(C)C)C(=O)N[C@@H](CC(C)C)C(=O)N[C@H](C(=O)N[C@@H](CO)C(=O)N[C@@H](CO)C(=O)N[C@@H](CCCCN)C(=O)O)C(C)C. The number of aromatic hydroxyl groups is 1. The van der Waals surface area contributed by atoms with Gasteiger partial charge in [0, 0.05) is 25.8 Å². The van der Waals surface area contributed by atoms with Gasteiger partial charge in [0.2, 0.25) is 88.6 Å². The second-order valence-corrected chi connectivity index (χ2v) is 32.8. The number of hydrogen-bond donors (Lipinski definition) is 23. The van der Waals surface area contributed by atoms with E-state index >= 15 is 0 Å². The van der Waals surface area contributed by atoms with Crippen molar-refractivity contribution in [1.82, 2.24) is 79.3 Å². The molecule has 1 aromatic carbocycles. The first-order valence-electron chi connectivity index (χ1n) is 41.4. The number of rotatable bonds is 56. The zero-order valence-electron chi connectivity index (χ0n) is 72.4. The lowest BCUT2D eigenvalue weighted by atomic mass is 9.95. The number of nitrogens with zero attached hydrogens (tertiary/aromatic N) is 1. The van der Waals surface area contributed by atoms with E-state index in [4.69, 9.17) is 16.6 Å². The maximum absolute atomic E-state index is 14.9. The zero-order chi connectivity index (χ0) is 93.6. The molecule has 17 atom stereocenters. The Labute approximate surface area is 714 Å². The summed E-state index contributed by atoms with van der Waals surface area (Å²) >= 11 is 0. The van der Waals surface area contributed by atoms with Crippen LogP contribution in [-0.2, 0) is 97.5 Å². The lowest BCUT2D eigenvalue weighted by molar-refractivity contribution is -0.146. The van der Waals surface area contributed by atoms with E-state index < -0.39 is 266 Å². The van der Waals surface area contributed by atoms with Crippen LogP contribution in [0.2, 0.25) is 0 Å². The van der Waals surface area contributed by atoms with Crippen LogP contribution in [0.25, 0.3) is 0 Å². The molecule has 0 saturated carbocycles. The molecule has 43 nitrogen and oxygen atoms in total. The van der Waals surface area contributed by atoms with Crippen molar-refractivity contribution in [1.29, 1.82) is 0 Å². The third kappa shape index (κ3) is 38.0. The van der Waals surface area contributed by atoms with Crippen LogP contribution in [0.3, 0.4) is 0 Å². The predicted octanol–water partition coefficient (Wildman–Crippen LogP) is -4.02. The van der Waals surface area contributed by atoms with Gasteiger partial charge in [-0.15, -0.1) is 0 Å². The number of amides is 15. The third-order valence-corrected chi connectivity index (χ3v) is 20.1. The van der Waals surface area contributed by atoms with E-state index in [0.717, 1.165) is 4.90 Å². The fraction of sp³-hybridized carbons (Fsp3) is 0.688. The van der Waals surface area contributed by atoms with E-state index in [2.05, 4.69) is 74.4 Å². The Morgan fingerprint density at radius 2 is 0.797 bits per heavy atom. The molecule has 1 aromatic rings. The molecule has 123 heavy (non-hydrogen) atoms. The molecule has 0 radical (unpaired) electrons. The van der Waals surface area contributed by atoms with E-state index in [-0.39, 0.29) is 94.4 Å². The first-order chi connectivity index (χ1) is 57.5.